The Kier molecular flexibility index (Phi) is 4.94. The van der Waals surface area contributed by atoms with Crippen LogP contribution in [-0.2, 0) is 4.79 Å². The maximum atomic E-state index is 13.5. The molecule has 0 radical (unpaired) electrons. The second kappa shape index (κ2) is 7.53. The average Bonchev–Trinajstić information content (AvgIpc) is 3.29. The molecule has 7 nitrogen and oxygen atoms in total. The number of oxazole rings is 1. The number of nitrogens with one attached hydrogen (secondary N) is 1. The number of benzene rings is 1. The number of alkyl halides is 1. The molecule has 1 aromatic carbocycles. The molecule has 142 valence electrons. The lowest BCUT2D eigenvalue weighted by atomic mass is 10.1. The molecule has 2 fully saturated rings. The lowest BCUT2D eigenvalue weighted by Crippen LogP contribution is -2.47. The molecule has 0 unspecified atom stereocenters. The fourth-order valence-electron chi connectivity index (χ4n) is 3.79. The van der Waals surface area contributed by atoms with Crippen LogP contribution in [0.1, 0.15) is 19.3 Å². The first-order chi connectivity index (χ1) is 13.1. The molecule has 2 aliphatic heterocycles. The summed E-state index contributed by atoms with van der Waals surface area (Å²) in [5, 5.41) is 12.3. The quantitative estimate of drug-likeness (QED) is 0.883. The molecule has 0 saturated carbocycles. The van der Waals surface area contributed by atoms with Gasteiger partial charge in [-0.2, -0.15) is 10.2 Å². The molecular formula is C19H22FN5O2. The van der Waals surface area contributed by atoms with E-state index in [4.69, 9.17) is 9.68 Å². The molecule has 3 heterocycles. The van der Waals surface area contributed by atoms with Crippen LogP contribution >= 0.6 is 0 Å². The van der Waals surface area contributed by atoms with Gasteiger partial charge in [-0.25, -0.2) is 4.39 Å². The minimum atomic E-state index is -1.10. The lowest BCUT2D eigenvalue weighted by Gasteiger charge is -2.31. The van der Waals surface area contributed by atoms with Crippen molar-refractivity contribution in [3.63, 3.8) is 0 Å². The monoisotopic (exact) mass is 371 g/mol. The third-order valence-corrected chi connectivity index (χ3v) is 5.31. The highest BCUT2D eigenvalue weighted by Gasteiger charge is 2.35. The number of carbonyl (C=O) groups excluding carboxylic acids is 1. The maximum Gasteiger partial charge on any atom is 0.298 e. The van der Waals surface area contributed by atoms with Crippen LogP contribution < -0.4 is 10.2 Å². The number of rotatable bonds is 4. The highest BCUT2D eigenvalue weighted by molar-refractivity contribution is 5.79. The summed E-state index contributed by atoms with van der Waals surface area (Å²) >= 11 is 0. The number of amides is 1. The van der Waals surface area contributed by atoms with Crippen molar-refractivity contribution in [1.82, 2.24) is 15.2 Å². The molecule has 2 saturated heterocycles. The minimum absolute atomic E-state index is 0.0227. The zero-order valence-electron chi connectivity index (χ0n) is 15.0. The number of anilines is 1. The summed E-state index contributed by atoms with van der Waals surface area (Å²) in [7, 11) is 0. The Bertz CT molecular complexity index is 822. The Balaban J connectivity index is 1.27. The van der Waals surface area contributed by atoms with Gasteiger partial charge >= 0.3 is 0 Å². The first-order valence-corrected chi connectivity index (χ1v) is 9.31. The van der Waals surface area contributed by atoms with Gasteiger partial charge in [0, 0.05) is 25.6 Å². The van der Waals surface area contributed by atoms with Gasteiger partial charge in [0.25, 0.3) is 6.01 Å². The summed E-state index contributed by atoms with van der Waals surface area (Å²) in [6, 6.07) is 9.90. The van der Waals surface area contributed by atoms with E-state index in [-0.39, 0.29) is 31.5 Å². The SMILES string of the molecule is N#C[C@@H]1C[C@H](F)CN1C(=O)CNC1CCN(c2nc3ccccc3o2)CC1. The standard InChI is InChI=1S/C19H22FN5O2/c20-13-9-15(10-21)25(12-13)18(26)11-22-14-5-7-24(8-6-14)19-23-16-3-1-2-4-17(16)27-19/h1-4,13-15,22H,5-9,11-12H2/t13-,15-/m0/s1. The molecule has 0 aliphatic carbocycles. The zero-order chi connectivity index (χ0) is 18.8. The van der Waals surface area contributed by atoms with Gasteiger partial charge in [-0.1, -0.05) is 12.1 Å². The predicted octanol–water partition coefficient (Wildman–Crippen LogP) is 1.85. The Morgan fingerprint density at radius 3 is 2.89 bits per heavy atom. The van der Waals surface area contributed by atoms with E-state index in [2.05, 4.69) is 15.2 Å². The Morgan fingerprint density at radius 2 is 2.15 bits per heavy atom. The first kappa shape index (κ1) is 17.7. The molecule has 0 spiro atoms. The van der Waals surface area contributed by atoms with Gasteiger partial charge in [-0.15, -0.1) is 0 Å². The summed E-state index contributed by atoms with van der Waals surface area (Å²) < 4.78 is 19.3. The number of nitrogens with zero attached hydrogens (tertiary/aromatic N) is 4. The van der Waals surface area contributed by atoms with E-state index in [1.807, 2.05) is 30.3 Å². The van der Waals surface area contributed by atoms with Crippen LogP contribution in [0.4, 0.5) is 10.4 Å². The van der Waals surface area contributed by atoms with Crippen molar-refractivity contribution in [2.45, 2.75) is 37.5 Å². The van der Waals surface area contributed by atoms with E-state index in [1.165, 1.54) is 4.90 Å². The van der Waals surface area contributed by atoms with Crippen molar-refractivity contribution in [1.29, 1.82) is 5.26 Å². The summed E-state index contributed by atoms with van der Waals surface area (Å²) in [5.74, 6) is -0.205. The number of halogens is 1. The van der Waals surface area contributed by atoms with Gasteiger partial charge in [0.15, 0.2) is 5.58 Å². The number of piperidine rings is 1. The highest BCUT2D eigenvalue weighted by atomic mass is 19.1. The third kappa shape index (κ3) is 3.74. The molecule has 2 aromatic rings. The normalized spacial score (nSPS) is 23.7. The molecule has 1 amide bonds. The second-order valence-corrected chi connectivity index (χ2v) is 7.13. The number of likely N-dealkylation sites (tertiary alicyclic amines) is 1. The smallest absolute Gasteiger partial charge is 0.298 e. The molecule has 1 N–H and O–H groups in total. The lowest BCUT2D eigenvalue weighted by molar-refractivity contribution is -0.130. The predicted molar refractivity (Wildman–Crippen MR) is 97.9 cm³/mol. The third-order valence-electron chi connectivity index (χ3n) is 5.31. The Hall–Kier alpha value is -2.66. The van der Waals surface area contributed by atoms with Crippen molar-refractivity contribution in [3.05, 3.63) is 24.3 Å². The fourth-order valence-corrected chi connectivity index (χ4v) is 3.79. The van der Waals surface area contributed by atoms with Crippen molar-refractivity contribution < 1.29 is 13.6 Å². The van der Waals surface area contributed by atoms with Crippen LogP contribution in [0.3, 0.4) is 0 Å². The van der Waals surface area contributed by atoms with Crippen LogP contribution in [0.25, 0.3) is 11.1 Å². The Labute approximate surface area is 156 Å². The highest BCUT2D eigenvalue weighted by Crippen LogP contribution is 2.24. The van der Waals surface area contributed by atoms with E-state index in [1.54, 1.807) is 0 Å². The number of aromatic nitrogens is 1. The van der Waals surface area contributed by atoms with Gasteiger partial charge in [-0.3, -0.25) is 4.79 Å². The van der Waals surface area contributed by atoms with E-state index in [0.29, 0.717) is 6.01 Å². The van der Waals surface area contributed by atoms with E-state index in [0.717, 1.165) is 37.0 Å². The Morgan fingerprint density at radius 1 is 1.37 bits per heavy atom. The van der Waals surface area contributed by atoms with Crippen LogP contribution in [0.15, 0.2) is 28.7 Å². The van der Waals surface area contributed by atoms with Crippen LogP contribution in [-0.4, -0.2) is 60.2 Å². The molecule has 27 heavy (non-hydrogen) atoms. The molecule has 2 atom stereocenters. The van der Waals surface area contributed by atoms with E-state index >= 15 is 0 Å². The summed E-state index contributed by atoms with van der Waals surface area (Å²) in [6.07, 6.45) is 0.738. The average molecular weight is 371 g/mol. The molecule has 4 rings (SSSR count). The van der Waals surface area contributed by atoms with Crippen molar-refractivity contribution in [3.8, 4) is 6.07 Å². The number of hydrogen-bond donors (Lipinski definition) is 1. The molecule has 2 aliphatic rings. The molecule has 0 bridgehead atoms. The van der Waals surface area contributed by atoms with Crippen LogP contribution in [0, 0.1) is 11.3 Å². The molecule has 1 aromatic heterocycles. The number of nitriles is 1. The number of carbonyl (C=O) groups is 1. The van der Waals surface area contributed by atoms with Gasteiger partial charge in [-0.05, 0) is 25.0 Å². The summed E-state index contributed by atoms with van der Waals surface area (Å²) in [6.45, 7) is 1.74. The van der Waals surface area contributed by atoms with Gasteiger partial charge in [0.05, 0.1) is 19.2 Å². The second-order valence-electron chi connectivity index (χ2n) is 7.13. The molecule has 8 heteroatoms. The van der Waals surface area contributed by atoms with Crippen molar-refractivity contribution >= 4 is 23.0 Å². The van der Waals surface area contributed by atoms with E-state index in [9.17, 15) is 9.18 Å². The zero-order valence-corrected chi connectivity index (χ0v) is 15.0. The van der Waals surface area contributed by atoms with Crippen LogP contribution in [0.5, 0.6) is 0 Å². The van der Waals surface area contributed by atoms with Gasteiger partial charge in [0.2, 0.25) is 5.91 Å². The molecular weight excluding hydrogens is 349 g/mol. The van der Waals surface area contributed by atoms with Crippen molar-refractivity contribution in [2.24, 2.45) is 0 Å². The van der Waals surface area contributed by atoms with Gasteiger partial charge in [0.1, 0.15) is 17.7 Å². The topological polar surface area (TPSA) is 85.4 Å². The summed E-state index contributed by atoms with van der Waals surface area (Å²) in [4.78, 5) is 20.3. The van der Waals surface area contributed by atoms with Gasteiger partial charge < -0.3 is 19.5 Å². The number of para-hydroxylation sites is 2. The van der Waals surface area contributed by atoms with Crippen LogP contribution in [0.2, 0.25) is 0 Å². The fraction of sp³-hybridized carbons (Fsp3) is 0.526. The first-order valence-electron chi connectivity index (χ1n) is 9.31. The number of hydrogen-bond acceptors (Lipinski definition) is 6. The van der Waals surface area contributed by atoms with E-state index < -0.39 is 12.2 Å². The van der Waals surface area contributed by atoms with Crippen molar-refractivity contribution in [2.75, 3.05) is 31.1 Å². The maximum absolute atomic E-state index is 13.5. The summed E-state index contributed by atoms with van der Waals surface area (Å²) in [5.41, 5.74) is 1.63. The number of fused-ring (bicyclic) bond motifs is 1. The largest absolute Gasteiger partial charge is 0.423 e. The minimum Gasteiger partial charge on any atom is -0.423 e.